The van der Waals surface area contributed by atoms with Gasteiger partial charge in [0.15, 0.2) is 0 Å². The van der Waals surface area contributed by atoms with Crippen LogP contribution in [0.25, 0.3) is 0 Å². The summed E-state index contributed by atoms with van der Waals surface area (Å²) in [6, 6.07) is 9.84. The van der Waals surface area contributed by atoms with Crippen molar-refractivity contribution in [2.75, 3.05) is 18.6 Å². The molecule has 4 nitrogen and oxygen atoms in total. The van der Waals surface area contributed by atoms with Gasteiger partial charge in [-0.15, -0.1) is 0 Å². The van der Waals surface area contributed by atoms with Gasteiger partial charge in [-0.1, -0.05) is 30.3 Å². The molecule has 0 aromatic heterocycles. The topological polar surface area (TPSA) is 49.4 Å². The Balaban J connectivity index is 2.20. The monoisotopic (exact) mass is 266 g/mol. The third-order valence-electron chi connectivity index (χ3n) is 3.08. The van der Waals surface area contributed by atoms with Gasteiger partial charge in [0.25, 0.3) is 0 Å². The van der Waals surface area contributed by atoms with Crippen LogP contribution in [-0.4, -0.2) is 39.6 Å². The van der Waals surface area contributed by atoms with Crippen molar-refractivity contribution in [3.05, 3.63) is 35.9 Å². The molecule has 1 fully saturated rings. The highest BCUT2D eigenvalue weighted by Crippen LogP contribution is 2.24. The normalized spacial score (nSPS) is 23.1. The van der Waals surface area contributed by atoms with E-state index in [9.17, 15) is 9.00 Å². The van der Waals surface area contributed by atoms with Gasteiger partial charge in [-0.2, -0.15) is 0 Å². The first-order chi connectivity index (χ1) is 8.59. The molecule has 2 rings (SSSR count). The van der Waals surface area contributed by atoms with Crippen molar-refractivity contribution < 1.29 is 9.00 Å². The van der Waals surface area contributed by atoms with Crippen molar-refractivity contribution in [3.8, 4) is 0 Å². The fraction of sp³-hybridized carbons (Fsp3) is 0.462. The molecule has 5 heteroatoms. The van der Waals surface area contributed by atoms with Gasteiger partial charge in [0.1, 0.15) is 6.17 Å². The number of hydrogen-bond acceptors (Lipinski definition) is 3. The second kappa shape index (κ2) is 5.63. The first-order valence-electron chi connectivity index (χ1n) is 5.99. The molecule has 1 aliphatic rings. The van der Waals surface area contributed by atoms with Gasteiger partial charge >= 0.3 is 0 Å². The van der Waals surface area contributed by atoms with E-state index in [2.05, 4.69) is 5.32 Å². The number of nitrogens with zero attached hydrogens (tertiary/aromatic N) is 1. The van der Waals surface area contributed by atoms with Crippen LogP contribution in [0.4, 0.5) is 0 Å². The molecule has 1 heterocycles. The zero-order valence-electron chi connectivity index (χ0n) is 10.6. The SMILES string of the molecule is CC(CS(C)=O)N1C(=O)CNC1c1ccccc1. The van der Waals surface area contributed by atoms with E-state index in [4.69, 9.17) is 0 Å². The molecule has 18 heavy (non-hydrogen) atoms. The third kappa shape index (κ3) is 2.79. The average Bonchev–Trinajstić information content (AvgIpc) is 2.71. The Kier molecular flexibility index (Phi) is 4.14. The van der Waals surface area contributed by atoms with Gasteiger partial charge in [-0.3, -0.25) is 14.3 Å². The summed E-state index contributed by atoms with van der Waals surface area (Å²) in [5, 5.41) is 3.20. The van der Waals surface area contributed by atoms with Crippen LogP contribution in [0.5, 0.6) is 0 Å². The molecule has 1 N–H and O–H groups in total. The first kappa shape index (κ1) is 13.2. The lowest BCUT2D eigenvalue weighted by Crippen LogP contribution is -2.40. The molecule has 1 saturated heterocycles. The Morgan fingerprint density at radius 3 is 2.72 bits per heavy atom. The van der Waals surface area contributed by atoms with Crippen LogP contribution < -0.4 is 5.32 Å². The van der Waals surface area contributed by atoms with E-state index in [0.29, 0.717) is 12.3 Å². The predicted molar refractivity (Wildman–Crippen MR) is 72.4 cm³/mol. The molecular formula is C13H18N2O2S. The van der Waals surface area contributed by atoms with Crippen LogP contribution in [0.3, 0.4) is 0 Å². The zero-order valence-corrected chi connectivity index (χ0v) is 11.4. The zero-order chi connectivity index (χ0) is 13.1. The minimum absolute atomic E-state index is 0.0245. The van der Waals surface area contributed by atoms with Gasteiger partial charge < -0.3 is 4.90 Å². The Bertz CT molecular complexity index is 450. The van der Waals surface area contributed by atoms with Crippen molar-refractivity contribution in [1.29, 1.82) is 0 Å². The van der Waals surface area contributed by atoms with Crippen LogP contribution >= 0.6 is 0 Å². The lowest BCUT2D eigenvalue weighted by atomic mass is 10.1. The Morgan fingerprint density at radius 2 is 2.11 bits per heavy atom. The summed E-state index contributed by atoms with van der Waals surface area (Å²) < 4.78 is 11.3. The molecule has 0 bridgehead atoms. The minimum Gasteiger partial charge on any atom is -0.318 e. The molecule has 0 saturated carbocycles. The maximum absolute atomic E-state index is 11.9. The second-order valence-electron chi connectivity index (χ2n) is 4.58. The van der Waals surface area contributed by atoms with E-state index in [-0.39, 0.29) is 18.1 Å². The third-order valence-corrected chi connectivity index (χ3v) is 4.03. The number of amides is 1. The summed E-state index contributed by atoms with van der Waals surface area (Å²) in [6.45, 7) is 2.29. The van der Waals surface area contributed by atoms with Crippen molar-refractivity contribution in [2.45, 2.75) is 19.1 Å². The van der Waals surface area contributed by atoms with Gasteiger partial charge in [0.2, 0.25) is 5.91 Å². The van der Waals surface area contributed by atoms with E-state index >= 15 is 0 Å². The average molecular weight is 266 g/mol. The molecule has 0 aliphatic carbocycles. The number of hydrogen-bond donors (Lipinski definition) is 1. The predicted octanol–water partition coefficient (Wildman–Crippen LogP) is 0.884. The standard InChI is InChI=1S/C13H18N2O2S/c1-10(9-18(2)17)15-12(16)8-14-13(15)11-6-4-3-5-7-11/h3-7,10,13-14H,8-9H2,1-2H3. The van der Waals surface area contributed by atoms with Gasteiger partial charge in [0, 0.05) is 28.9 Å². The van der Waals surface area contributed by atoms with E-state index in [1.165, 1.54) is 0 Å². The Labute approximate surface area is 110 Å². The minimum atomic E-state index is -0.900. The fourth-order valence-corrected chi connectivity index (χ4v) is 3.19. The molecule has 1 aromatic carbocycles. The molecule has 3 unspecified atom stereocenters. The van der Waals surface area contributed by atoms with Gasteiger partial charge in [-0.25, -0.2) is 0 Å². The van der Waals surface area contributed by atoms with E-state index in [0.717, 1.165) is 5.56 Å². The highest BCUT2D eigenvalue weighted by atomic mass is 32.2. The van der Waals surface area contributed by atoms with Crippen molar-refractivity contribution in [2.24, 2.45) is 0 Å². The first-order valence-corrected chi connectivity index (χ1v) is 7.72. The largest absolute Gasteiger partial charge is 0.318 e. The summed E-state index contributed by atoms with van der Waals surface area (Å²) in [5.74, 6) is 0.582. The molecule has 0 spiro atoms. The van der Waals surface area contributed by atoms with Crippen molar-refractivity contribution in [3.63, 3.8) is 0 Å². The lowest BCUT2D eigenvalue weighted by molar-refractivity contribution is -0.129. The highest BCUT2D eigenvalue weighted by Gasteiger charge is 2.34. The number of rotatable bonds is 4. The van der Waals surface area contributed by atoms with Crippen LogP contribution in [0.1, 0.15) is 18.7 Å². The van der Waals surface area contributed by atoms with E-state index in [1.807, 2.05) is 37.3 Å². The Morgan fingerprint density at radius 1 is 1.44 bits per heavy atom. The second-order valence-corrected chi connectivity index (χ2v) is 6.06. The van der Waals surface area contributed by atoms with E-state index < -0.39 is 10.8 Å². The maximum Gasteiger partial charge on any atom is 0.238 e. The van der Waals surface area contributed by atoms with Crippen LogP contribution in [-0.2, 0) is 15.6 Å². The smallest absolute Gasteiger partial charge is 0.238 e. The van der Waals surface area contributed by atoms with Gasteiger partial charge in [0.05, 0.1) is 6.54 Å². The molecular weight excluding hydrogens is 248 g/mol. The summed E-state index contributed by atoms with van der Waals surface area (Å²) >= 11 is 0. The fourth-order valence-electron chi connectivity index (χ4n) is 2.35. The molecule has 0 radical (unpaired) electrons. The number of nitrogens with one attached hydrogen (secondary N) is 1. The Hall–Kier alpha value is -1.20. The molecule has 98 valence electrons. The van der Waals surface area contributed by atoms with Crippen LogP contribution in [0, 0.1) is 0 Å². The lowest BCUT2D eigenvalue weighted by Gasteiger charge is -2.30. The maximum atomic E-state index is 11.9. The number of carbonyl (C=O) groups is 1. The molecule has 1 aromatic rings. The summed E-state index contributed by atoms with van der Waals surface area (Å²) in [6.07, 6.45) is 1.57. The van der Waals surface area contributed by atoms with Crippen LogP contribution in [0.15, 0.2) is 30.3 Å². The molecule has 3 atom stereocenters. The quantitative estimate of drug-likeness (QED) is 0.880. The van der Waals surface area contributed by atoms with Crippen molar-refractivity contribution in [1.82, 2.24) is 10.2 Å². The summed E-state index contributed by atoms with van der Waals surface area (Å²) in [4.78, 5) is 13.7. The van der Waals surface area contributed by atoms with E-state index in [1.54, 1.807) is 11.2 Å². The molecule has 1 amide bonds. The van der Waals surface area contributed by atoms with Crippen molar-refractivity contribution >= 4 is 16.7 Å². The molecule has 1 aliphatic heterocycles. The van der Waals surface area contributed by atoms with Crippen LogP contribution in [0.2, 0.25) is 0 Å². The summed E-state index contributed by atoms with van der Waals surface area (Å²) in [5.41, 5.74) is 1.07. The highest BCUT2D eigenvalue weighted by molar-refractivity contribution is 7.84. The number of carbonyl (C=O) groups excluding carboxylic acids is 1. The number of benzene rings is 1. The van der Waals surface area contributed by atoms with Gasteiger partial charge in [-0.05, 0) is 12.5 Å². The summed E-state index contributed by atoms with van der Waals surface area (Å²) in [7, 11) is -0.900.